The molecule has 2 aromatic carbocycles. The van der Waals surface area contributed by atoms with Crippen molar-refractivity contribution in [2.75, 3.05) is 11.9 Å². The summed E-state index contributed by atoms with van der Waals surface area (Å²) in [5, 5.41) is 6.00. The van der Waals surface area contributed by atoms with E-state index in [0.29, 0.717) is 23.0 Å². The summed E-state index contributed by atoms with van der Waals surface area (Å²) in [5.41, 5.74) is 3.15. The summed E-state index contributed by atoms with van der Waals surface area (Å²) in [5.74, 6) is -0.330. The molecule has 214 valence electrons. The Hall–Kier alpha value is -3.06. The number of amides is 3. The number of rotatable bonds is 10. The first-order valence-corrected chi connectivity index (χ1v) is 13.9. The van der Waals surface area contributed by atoms with Gasteiger partial charge >= 0.3 is 6.09 Å². The summed E-state index contributed by atoms with van der Waals surface area (Å²) in [4.78, 5) is 42.0. The fourth-order valence-corrected chi connectivity index (χ4v) is 4.82. The second-order valence-electron chi connectivity index (χ2n) is 11.6. The van der Waals surface area contributed by atoms with Crippen molar-refractivity contribution in [1.29, 1.82) is 0 Å². The van der Waals surface area contributed by atoms with E-state index in [2.05, 4.69) is 24.5 Å². The van der Waals surface area contributed by atoms with Gasteiger partial charge in [0.05, 0.1) is 10.7 Å². The van der Waals surface area contributed by atoms with Gasteiger partial charge in [-0.15, -0.1) is 0 Å². The summed E-state index contributed by atoms with van der Waals surface area (Å²) in [7, 11) is 0. The van der Waals surface area contributed by atoms with Crippen LogP contribution in [0.5, 0.6) is 0 Å². The molecule has 7 nitrogen and oxygen atoms in total. The Balaban J connectivity index is 2.58. The Morgan fingerprint density at radius 2 is 1.49 bits per heavy atom. The summed E-state index contributed by atoms with van der Waals surface area (Å²) in [6.45, 7) is 16.9. The maximum absolute atomic E-state index is 14.2. The minimum absolute atomic E-state index is 0.289. The van der Waals surface area contributed by atoms with Crippen LogP contribution in [0.15, 0.2) is 36.4 Å². The number of nitrogens with one attached hydrogen (secondary N) is 2. The number of para-hydroxylation sites is 1. The molecule has 0 heterocycles. The summed E-state index contributed by atoms with van der Waals surface area (Å²) in [6, 6.07) is 9.97. The van der Waals surface area contributed by atoms with Gasteiger partial charge in [-0.05, 0) is 95.5 Å². The van der Waals surface area contributed by atoms with E-state index in [4.69, 9.17) is 16.3 Å². The van der Waals surface area contributed by atoms with Crippen molar-refractivity contribution in [3.63, 3.8) is 0 Å². The zero-order valence-corrected chi connectivity index (χ0v) is 25.5. The topological polar surface area (TPSA) is 87.7 Å². The lowest BCUT2D eigenvalue weighted by Gasteiger charge is -2.38. The molecule has 0 saturated carbocycles. The SMILES string of the molecule is Cc1cccc(Cl)c1NC(=O)C(c1c(C)cccc1C)N(C(=O)CNC(=O)OC(C)(C)C)C(C)CCC(C)C. The Labute approximate surface area is 238 Å². The van der Waals surface area contributed by atoms with Gasteiger partial charge in [-0.25, -0.2) is 4.79 Å². The van der Waals surface area contributed by atoms with Crippen molar-refractivity contribution in [1.82, 2.24) is 10.2 Å². The van der Waals surface area contributed by atoms with Crippen LogP contribution in [0, 0.1) is 26.7 Å². The number of hydrogen-bond donors (Lipinski definition) is 2. The molecular weight excluding hydrogens is 514 g/mol. The van der Waals surface area contributed by atoms with Crippen LogP contribution < -0.4 is 10.6 Å². The van der Waals surface area contributed by atoms with E-state index in [1.54, 1.807) is 31.7 Å². The lowest BCUT2D eigenvalue weighted by molar-refractivity contribution is -0.141. The first-order chi connectivity index (χ1) is 18.1. The fourth-order valence-electron chi connectivity index (χ4n) is 4.55. The second-order valence-corrected chi connectivity index (χ2v) is 12.0. The molecule has 0 radical (unpaired) electrons. The molecule has 0 aliphatic carbocycles. The van der Waals surface area contributed by atoms with Gasteiger partial charge in [-0.3, -0.25) is 9.59 Å². The lowest BCUT2D eigenvalue weighted by Crippen LogP contribution is -2.50. The highest BCUT2D eigenvalue weighted by Crippen LogP contribution is 2.33. The minimum atomic E-state index is -0.947. The number of benzene rings is 2. The highest BCUT2D eigenvalue weighted by atomic mass is 35.5. The average Bonchev–Trinajstić information content (AvgIpc) is 2.81. The third-order valence-corrected chi connectivity index (χ3v) is 6.83. The van der Waals surface area contributed by atoms with Crippen molar-refractivity contribution in [2.24, 2.45) is 5.92 Å². The van der Waals surface area contributed by atoms with Crippen LogP contribution in [0.3, 0.4) is 0 Å². The number of nitrogens with zero attached hydrogens (tertiary/aromatic N) is 1. The zero-order chi connectivity index (χ0) is 29.5. The Morgan fingerprint density at radius 1 is 0.923 bits per heavy atom. The van der Waals surface area contributed by atoms with Crippen LogP contribution in [-0.4, -0.2) is 41.0 Å². The largest absolute Gasteiger partial charge is 0.444 e. The molecule has 0 fully saturated rings. The molecule has 39 heavy (non-hydrogen) atoms. The Morgan fingerprint density at radius 3 is 2.03 bits per heavy atom. The maximum Gasteiger partial charge on any atom is 0.408 e. The number of halogens is 1. The number of carbonyl (C=O) groups is 3. The van der Waals surface area contributed by atoms with Gasteiger partial charge < -0.3 is 20.3 Å². The standard InChI is InChI=1S/C31H44ClN3O4/c1-19(2)16-17-23(6)35(25(36)18-33-30(38)39-31(7,8)9)28(26-20(3)12-10-13-21(26)4)29(37)34-27-22(5)14-11-15-24(27)32/h10-15,19,23,28H,16-18H2,1-9H3,(H,33,38)(H,34,37). The Bertz CT molecular complexity index is 1130. The number of alkyl carbamates (subject to hydrolysis) is 1. The molecular formula is C31H44ClN3O4. The van der Waals surface area contributed by atoms with Crippen molar-refractivity contribution >= 4 is 35.2 Å². The van der Waals surface area contributed by atoms with Crippen molar-refractivity contribution in [3.05, 3.63) is 63.7 Å². The van der Waals surface area contributed by atoms with Gasteiger partial charge in [0.1, 0.15) is 18.2 Å². The van der Waals surface area contributed by atoms with Crippen LogP contribution >= 0.6 is 11.6 Å². The van der Waals surface area contributed by atoms with E-state index in [0.717, 1.165) is 28.7 Å². The van der Waals surface area contributed by atoms with Gasteiger partial charge in [0, 0.05) is 6.04 Å². The predicted octanol–water partition coefficient (Wildman–Crippen LogP) is 7.12. The number of ether oxygens (including phenoxy) is 1. The summed E-state index contributed by atoms with van der Waals surface area (Å²) in [6.07, 6.45) is 0.871. The van der Waals surface area contributed by atoms with Gasteiger partial charge in [-0.2, -0.15) is 0 Å². The van der Waals surface area contributed by atoms with Crippen molar-refractivity contribution < 1.29 is 19.1 Å². The summed E-state index contributed by atoms with van der Waals surface area (Å²) < 4.78 is 5.33. The molecule has 2 rings (SSSR count). The van der Waals surface area contributed by atoms with E-state index in [1.165, 1.54) is 0 Å². The van der Waals surface area contributed by atoms with Crippen LogP contribution in [-0.2, 0) is 14.3 Å². The number of carbonyl (C=O) groups excluding carboxylic acids is 3. The minimum Gasteiger partial charge on any atom is -0.444 e. The van der Waals surface area contributed by atoms with Gasteiger partial charge in [-0.1, -0.05) is 55.8 Å². The molecule has 2 N–H and O–H groups in total. The van der Waals surface area contributed by atoms with Crippen LogP contribution in [0.2, 0.25) is 5.02 Å². The van der Waals surface area contributed by atoms with Crippen molar-refractivity contribution in [3.8, 4) is 0 Å². The van der Waals surface area contributed by atoms with Crippen molar-refractivity contribution in [2.45, 2.75) is 92.8 Å². The third kappa shape index (κ3) is 9.27. The van der Waals surface area contributed by atoms with Gasteiger partial charge in [0.25, 0.3) is 5.91 Å². The molecule has 0 aromatic heterocycles. The normalized spacial score (nSPS) is 13.0. The van der Waals surface area contributed by atoms with Crippen LogP contribution in [0.4, 0.5) is 10.5 Å². The summed E-state index contributed by atoms with van der Waals surface area (Å²) >= 11 is 6.46. The maximum atomic E-state index is 14.2. The molecule has 3 amide bonds. The van der Waals surface area contributed by atoms with E-state index in [9.17, 15) is 14.4 Å². The fraction of sp³-hybridized carbons (Fsp3) is 0.516. The van der Waals surface area contributed by atoms with E-state index in [-0.39, 0.29) is 24.4 Å². The third-order valence-electron chi connectivity index (χ3n) is 6.52. The highest BCUT2D eigenvalue weighted by Gasteiger charge is 2.37. The molecule has 0 saturated heterocycles. The lowest BCUT2D eigenvalue weighted by atomic mass is 9.92. The Kier molecular flexibility index (Phi) is 11.4. The van der Waals surface area contributed by atoms with Crippen LogP contribution in [0.25, 0.3) is 0 Å². The monoisotopic (exact) mass is 557 g/mol. The molecule has 8 heteroatoms. The van der Waals surface area contributed by atoms with Gasteiger partial charge in [0.15, 0.2) is 0 Å². The first kappa shape index (κ1) is 32.2. The van der Waals surface area contributed by atoms with E-state index in [1.807, 2.05) is 58.0 Å². The predicted molar refractivity (Wildman–Crippen MR) is 158 cm³/mol. The first-order valence-electron chi connectivity index (χ1n) is 13.5. The van der Waals surface area contributed by atoms with Gasteiger partial charge in [0.2, 0.25) is 5.91 Å². The molecule has 2 atom stereocenters. The molecule has 2 unspecified atom stereocenters. The molecule has 2 aromatic rings. The molecule has 0 bridgehead atoms. The quantitative estimate of drug-likeness (QED) is 0.325. The molecule has 0 spiro atoms. The highest BCUT2D eigenvalue weighted by molar-refractivity contribution is 6.34. The number of aryl methyl sites for hydroxylation is 3. The van der Waals surface area contributed by atoms with E-state index >= 15 is 0 Å². The molecule has 0 aliphatic rings. The number of hydrogen-bond acceptors (Lipinski definition) is 4. The smallest absolute Gasteiger partial charge is 0.408 e. The zero-order valence-electron chi connectivity index (χ0n) is 24.8. The van der Waals surface area contributed by atoms with Crippen LogP contribution in [0.1, 0.15) is 82.7 Å². The molecule has 0 aliphatic heterocycles. The number of anilines is 1. The second kappa shape index (κ2) is 13.8. The average molecular weight is 558 g/mol. The van der Waals surface area contributed by atoms with E-state index < -0.39 is 17.7 Å².